The number of nitrogens with one attached hydrogen (secondary N) is 2. The van der Waals surface area contributed by atoms with Crippen molar-refractivity contribution in [2.45, 2.75) is 13.5 Å². The van der Waals surface area contributed by atoms with Crippen LogP contribution in [0, 0.1) is 0 Å². The van der Waals surface area contributed by atoms with E-state index in [2.05, 4.69) is 47.6 Å². The third kappa shape index (κ3) is 4.03. The molecule has 8 heteroatoms. The lowest BCUT2D eigenvalue weighted by atomic mass is 10.5. The molecule has 0 unspecified atom stereocenters. The summed E-state index contributed by atoms with van der Waals surface area (Å²) in [6.07, 6.45) is 0. The van der Waals surface area contributed by atoms with E-state index in [9.17, 15) is 0 Å². The molecule has 0 saturated carbocycles. The highest BCUT2D eigenvalue weighted by atomic mass is 79.9. The average Bonchev–Trinajstić information content (AvgIpc) is 2.82. The van der Waals surface area contributed by atoms with Gasteiger partial charge < -0.3 is 15.4 Å². The van der Waals surface area contributed by atoms with Crippen molar-refractivity contribution >= 4 is 39.2 Å². The molecule has 0 aliphatic carbocycles. The Morgan fingerprint density at radius 3 is 2.58 bits per heavy atom. The van der Waals surface area contributed by atoms with E-state index in [0.717, 1.165) is 11.0 Å². The SMILES string of the molecule is CCNc1nc(NCc2cc(Br)cs2)nc(OC)n1. The van der Waals surface area contributed by atoms with Gasteiger partial charge in [-0.25, -0.2) is 0 Å². The van der Waals surface area contributed by atoms with E-state index in [1.54, 1.807) is 11.3 Å². The van der Waals surface area contributed by atoms with Gasteiger partial charge >= 0.3 is 6.01 Å². The van der Waals surface area contributed by atoms with Gasteiger partial charge in [0.25, 0.3) is 0 Å². The molecule has 2 aromatic heterocycles. The fraction of sp³-hybridized carbons (Fsp3) is 0.364. The molecule has 0 amide bonds. The fourth-order valence-corrected chi connectivity index (χ4v) is 2.77. The Labute approximate surface area is 123 Å². The van der Waals surface area contributed by atoms with Gasteiger partial charge in [-0.3, -0.25) is 0 Å². The summed E-state index contributed by atoms with van der Waals surface area (Å²) < 4.78 is 6.13. The molecule has 0 aromatic carbocycles. The van der Waals surface area contributed by atoms with Crippen molar-refractivity contribution in [2.75, 3.05) is 24.3 Å². The second kappa shape index (κ2) is 6.67. The van der Waals surface area contributed by atoms with Crippen LogP contribution in [0.5, 0.6) is 6.01 Å². The highest BCUT2D eigenvalue weighted by molar-refractivity contribution is 9.10. The molecule has 2 heterocycles. The number of hydrogen-bond acceptors (Lipinski definition) is 7. The molecule has 2 N–H and O–H groups in total. The molecule has 19 heavy (non-hydrogen) atoms. The van der Waals surface area contributed by atoms with Gasteiger partial charge in [0, 0.05) is 21.3 Å². The molecule has 6 nitrogen and oxygen atoms in total. The first-order chi connectivity index (χ1) is 9.21. The van der Waals surface area contributed by atoms with Crippen LogP contribution in [0.2, 0.25) is 0 Å². The van der Waals surface area contributed by atoms with Crippen LogP contribution >= 0.6 is 27.3 Å². The van der Waals surface area contributed by atoms with Crippen molar-refractivity contribution in [1.82, 2.24) is 15.0 Å². The molecule has 0 atom stereocenters. The van der Waals surface area contributed by atoms with Crippen molar-refractivity contribution in [3.05, 3.63) is 20.8 Å². The van der Waals surface area contributed by atoms with Gasteiger partial charge in [0.15, 0.2) is 0 Å². The van der Waals surface area contributed by atoms with E-state index >= 15 is 0 Å². The Bertz CT molecular complexity index is 548. The number of halogens is 1. The Kier molecular flexibility index (Phi) is 4.92. The second-order valence-corrected chi connectivity index (χ2v) is 5.50. The molecule has 0 fully saturated rings. The summed E-state index contributed by atoms with van der Waals surface area (Å²) in [7, 11) is 1.53. The monoisotopic (exact) mass is 343 g/mol. The number of hydrogen-bond donors (Lipinski definition) is 2. The highest BCUT2D eigenvalue weighted by Gasteiger charge is 2.06. The van der Waals surface area contributed by atoms with E-state index in [1.165, 1.54) is 12.0 Å². The zero-order valence-electron chi connectivity index (χ0n) is 10.6. The van der Waals surface area contributed by atoms with Crippen LogP contribution in [-0.4, -0.2) is 28.6 Å². The predicted molar refractivity (Wildman–Crippen MR) is 79.9 cm³/mol. The third-order valence-electron chi connectivity index (χ3n) is 2.17. The van der Waals surface area contributed by atoms with Gasteiger partial charge in [-0.1, -0.05) is 0 Å². The summed E-state index contributed by atoms with van der Waals surface area (Å²) in [6.45, 7) is 3.38. The standard InChI is InChI=1S/C11H14BrN5OS/c1-3-13-9-15-10(17-11(16-9)18-2)14-5-8-4-7(12)6-19-8/h4,6H,3,5H2,1-2H3,(H2,13,14,15,16,17). The molecule has 2 aromatic rings. The maximum absolute atomic E-state index is 5.05. The molecule has 0 spiro atoms. The predicted octanol–water partition coefficient (Wildman–Crippen LogP) is 2.75. The Morgan fingerprint density at radius 2 is 2.00 bits per heavy atom. The number of aromatic nitrogens is 3. The molecule has 0 saturated heterocycles. The summed E-state index contributed by atoms with van der Waals surface area (Å²) in [4.78, 5) is 13.7. The minimum absolute atomic E-state index is 0.292. The lowest BCUT2D eigenvalue weighted by molar-refractivity contribution is 0.379. The topological polar surface area (TPSA) is 72.0 Å². The van der Waals surface area contributed by atoms with Crippen LogP contribution in [0.15, 0.2) is 15.9 Å². The summed E-state index contributed by atoms with van der Waals surface area (Å²) >= 11 is 5.09. The van der Waals surface area contributed by atoms with Crippen LogP contribution in [0.3, 0.4) is 0 Å². The first kappa shape index (κ1) is 14.0. The van der Waals surface area contributed by atoms with Crippen LogP contribution < -0.4 is 15.4 Å². The number of nitrogens with zero attached hydrogens (tertiary/aromatic N) is 3. The first-order valence-corrected chi connectivity index (χ1v) is 7.39. The minimum Gasteiger partial charge on any atom is -0.467 e. The van der Waals surface area contributed by atoms with E-state index in [-0.39, 0.29) is 0 Å². The van der Waals surface area contributed by atoms with Crippen LogP contribution in [0.25, 0.3) is 0 Å². The summed E-state index contributed by atoms with van der Waals surface area (Å²) in [5, 5.41) is 8.23. The van der Waals surface area contributed by atoms with Gasteiger partial charge in [-0.2, -0.15) is 15.0 Å². The highest BCUT2D eigenvalue weighted by Crippen LogP contribution is 2.20. The minimum atomic E-state index is 0.292. The van der Waals surface area contributed by atoms with Gasteiger partial charge in [0.05, 0.1) is 13.7 Å². The largest absolute Gasteiger partial charge is 0.467 e. The smallest absolute Gasteiger partial charge is 0.322 e. The number of methoxy groups -OCH3 is 1. The lowest BCUT2D eigenvalue weighted by Gasteiger charge is -2.07. The van der Waals surface area contributed by atoms with E-state index in [1.807, 2.05) is 12.3 Å². The Hall–Kier alpha value is -1.41. The molecule has 102 valence electrons. The van der Waals surface area contributed by atoms with Crippen LogP contribution in [0.1, 0.15) is 11.8 Å². The average molecular weight is 344 g/mol. The van der Waals surface area contributed by atoms with Crippen molar-refractivity contribution < 1.29 is 4.74 Å². The Morgan fingerprint density at radius 1 is 1.26 bits per heavy atom. The van der Waals surface area contributed by atoms with Gasteiger partial charge in [0.1, 0.15) is 0 Å². The zero-order valence-corrected chi connectivity index (χ0v) is 13.0. The fourth-order valence-electron chi connectivity index (χ4n) is 1.38. The molecule has 2 rings (SSSR count). The molecule has 0 aliphatic heterocycles. The first-order valence-electron chi connectivity index (χ1n) is 5.72. The van der Waals surface area contributed by atoms with E-state index < -0.39 is 0 Å². The Balaban J connectivity index is 2.08. The molecule has 0 radical (unpaired) electrons. The summed E-state index contributed by atoms with van der Waals surface area (Å²) in [5.41, 5.74) is 0. The molecule has 0 aliphatic rings. The summed E-state index contributed by atoms with van der Waals surface area (Å²) in [5.74, 6) is 0.997. The van der Waals surface area contributed by atoms with Crippen LogP contribution in [-0.2, 0) is 6.54 Å². The van der Waals surface area contributed by atoms with E-state index in [0.29, 0.717) is 24.5 Å². The zero-order chi connectivity index (χ0) is 13.7. The lowest BCUT2D eigenvalue weighted by Crippen LogP contribution is -2.09. The molecular formula is C11H14BrN5OS. The van der Waals surface area contributed by atoms with Crippen LogP contribution in [0.4, 0.5) is 11.9 Å². The van der Waals surface area contributed by atoms with Gasteiger partial charge in [-0.05, 0) is 28.9 Å². The maximum atomic E-state index is 5.05. The normalized spacial score (nSPS) is 10.3. The molecule has 0 bridgehead atoms. The van der Waals surface area contributed by atoms with Crippen molar-refractivity contribution in [3.63, 3.8) is 0 Å². The van der Waals surface area contributed by atoms with Crippen molar-refractivity contribution in [1.29, 1.82) is 0 Å². The van der Waals surface area contributed by atoms with Crippen molar-refractivity contribution in [3.8, 4) is 6.01 Å². The number of rotatable bonds is 6. The second-order valence-electron chi connectivity index (χ2n) is 3.58. The summed E-state index contributed by atoms with van der Waals surface area (Å²) in [6, 6.07) is 2.35. The quantitative estimate of drug-likeness (QED) is 0.840. The van der Waals surface area contributed by atoms with E-state index in [4.69, 9.17) is 4.74 Å². The number of anilines is 2. The third-order valence-corrected chi connectivity index (χ3v) is 3.87. The maximum Gasteiger partial charge on any atom is 0.322 e. The number of thiophene rings is 1. The van der Waals surface area contributed by atoms with Crippen molar-refractivity contribution in [2.24, 2.45) is 0 Å². The van der Waals surface area contributed by atoms with Gasteiger partial charge in [0.2, 0.25) is 11.9 Å². The number of ether oxygens (including phenoxy) is 1. The molecular weight excluding hydrogens is 330 g/mol. The van der Waals surface area contributed by atoms with Gasteiger partial charge in [-0.15, -0.1) is 11.3 Å².